The van der Waals surface area contributed by atoms with Gasteiger partial charge in [-0.2, -0.15) is 0 Å². The number of sulfonamides is 1. The average molecular weight is 417 g/mol. The van der Waals surface area contributed by atoms with E-state index in [9.17, 15) is 13.2 Å². The molecule has 3 rings (SSSR count). The van der Waals surface area contributed by atoms with E-state index in [1.54, 1.807) is 18.2 Å². The smallest absolute Gasteiger partial charge is 0.344 e. The van der Waals surface area contributed by atoms with Crippen molar-refractivity contribution in [2.45, 2.75) is 37.8 Å². The highest BCUT2D eigenvalue weighted by Gasteiger charge is 2.16. The lowest BCUT2D eigenvalue weighted by Gasteiger charge is -2.10. The molecular weight excluding hydrogens is 394 g/mol. The maximum absolute atomic E-state index is 12.0. The number of primary sulfonamides is 1. The molecule has 2 aromatic carbocycles. The van der Waals surface area contributed by atoms with Crippen LogP contribution in [0.1, 0.15) is 25.6 Å². The molecule has 2 N–H and O–H groups in total. The van der Waals surface area contributed by atoms with Crippen molar-refractivity contribution in [3.8, 4) is 5.75 Å². The largest absolute Gasteiger partial charge is 0.482 e. The van der Waals surface area contributed by atoms with Crippen molar-refractivity contribution in [1.82, 2.24) is 9.55 Å². The number of ether oxygens (including phenoxy) is 2. The Morgan fingerprint density at radius 1 is 1.17 bits per heavy atom. The first-order valence-electron chi connectivity index (χ1n) is 9.24. The fraction of sp³-hybridized carbons (Fsp3) is 0.300. The lowest BCUT2D eigenvalue weighted by atomic mass is 10.3. The Morgan fingerprint density at radius 3 is 2.62 bits per heavy atom. The first-order valence-corrected chi connectivity index (χ1v) is 10.8. The van der Waals surface area contributed by atoms with Crippen molar-refractivity contribution in [2.75, 3.05) is 6.61 Å². The Labute approximate surface area is 169 Å². The summed E-state index contributed by atoms with van der Waals surface area (Å²) in [7, 11) is -3.83. The number of para-hydroxylation sites is 1. The number of aromatic nitrogens is 2. The quantitative estimate of drug-likeness (QED) is 0.536. The minimum atomic E-state index is -3.83. The lowest BCUT2D eigenvalue weighted by Crippen LogP contribution is -2.16. The van der Waals surface area contributed by atoms with Gasteiger partial charge in [-0.05, 0) is 36.8 Å². The van der Waals surface area contributed by atoms with E-state index in [-0.39, 0.29) is 18.1 Å². The van der Waals surface area contributed by atoms with Crippen molar-refractivity contribution in [1.29, 1.82) is 0 Å². The number of hydrogen-bond donors (Lipinski definition) is 1. The van der Waals surface area contributed by atoms with Crippen LogP contribution >= 0.6 is 0 Å². The van der Waals surface area contributed by atoms with Crippen molar-refractivity contribution in [3.63, 3.8) is 0 Å². The van der Waals surface area contributed by atoms with Crippen LogP contribution in [0.15, 0.2) is 53.4 Å². The molecule has 0 fully saturated rings. The zero-order valence-electron chi connectivity index (χ0n) is 16.1. The average Bonchev–Trinajstić information content (AvgIpc) is 3.06. The van der Waals surface area contributed by atoms with Gasteiger partial charge < -0.3 is 14.0 Å². The number of unbranched alkanes of at least 4 members (excludes halogenated alkanes) is 1. The molecule has 0 saturated heterocycles. The molecule has 0 unspecified atom stereocenters. The zero-order chi connectivity index (χ0) is 20.9. The van der Waals surface area contributed by atoms with Crippen LogP contribution in [0.25, 0.3) is 11.0 Å². The molecule has 9 heteroatoms. The molecule has 1 heterocycles. The van der Waals surface area contributed by atoms with Gasteiger partial charge in [0.25, 0.3) is 0 Å². The predicted molar refractivity (Wildman–Crippen MR) is 108 cm³/mol. The van der Waals surface area contributed by atoms with Crippen LogP contribution < -0.4 is 9.88 Å². The minimum Gasteiger partial charge on any atom is -0.482 e. The Bertz CT molecular complexity index is 1090. The molecule has 0 aliphatic rings. The number of aryl methyl sites for hydroxylation is 1. The second kappa shape index (κ2) is 9.06. The van der Waals surface area contributed by atoms with Crippen LogP contribution in [0.2, 0.25) is 0 Å². The Balaban J connectivity index is 1.75. The van der Waals surface area contributed by atoms with E-state index >= 15 is 0 Å². The molecule has 0 amide bonds. The second-order valence-electron chi connectivity index (χ2n) is 6.49. The number of hydrogen-bond acceptors (Lipinski definition) is 6. The van der Waals surface area contributed by atoms with Crippen molar-refractivity contribution in [2.24, 2.45) is 5.14 Å². The molecule has 154 valence electrons. The summed E-state index contributed by atoms with van der Waals surface area (Å²) < 4.78 is 35.8. The van der Waals surface area contributed by atoms with E-state index in [1.165, 1.54) is 12.1 Å². The monoisotopic (exact) mass is 417 g/mol. The van der Waals surface area contributed by atoms with Gasteiger partial charge in [-0.3, -0.25) is 0 Å². The molecular formula is C20H23N3O5S. The molecule has 0 aliphatic carbocycles. The van der Waals surface area contributed by atoms with Crippen molar-refractivity contribution in [3.05, 3.63) is 54.4 Å². The summed E-state index contributed by atoms with van der Waals surface area (Å²) in [5.41, 5.74) is 1.25. The summed E-state index contributed by atoms with van der Waals surface area (Å²) in [5.74, 6) is 0.594. The van der Waals surface area contributed by atoms with E-state index in [2.05, 4.69) is 11.9 Å². The normalized spacial score (nSPS) is 11.5. The third kappa shape index (κ3) is 5.33. The standard InChI is InChI=1S/C20H23N3O5S/c1-2-3-11-23-18-10-9-16(29(21,25)26)12-17(18)22-19(23)13-28-20(24)14-27-15-7-5-4-6-8-15/h4-10,12H,2-3,11,13-14H2,1H3,(H2,21,25,26). The van der Waals surface area contributed by atoms with E-state index in [0.29, 0.717) is 23.6 Å². The summed E-state index contributed by atoms with van der Waals surface area (Å²) in [6.45, 7) is 2.49. The van der Waals surface area contributed by atoms with Crippen molar-refractivity contribution < 1.29 is 22.7 Å². The van der Waals surface area contributed by atoms with Crippen LogP contribution in [0.3, 0.4) is 0 Å². The van der Waals surface area contributed by atoms with Gasteiger partial charge in [0.1, 0.15) is 18.2 Å². The summed E-state index contributed by atoms with van der Waals surface area (Å²) >= 11 is 0. The van der Waals surface area contributed by atoms with Crippen molar-refractivity contribution >= 4 is 27.0 Å². The molecule has 3 aromatic rings. The van der Waals surface area contributed by atoms with E-state index < -0.39 is 16.0 Å². The van der Waals surface area contributed by atoms with Gasteiger partial charge in [-0.15, -0.1) is 0 Å². The highest BCUT2D eigenvalue weighted by atomic mass is 32.2. The van der Waals surface area contributed by atoms with E-state index in [1.807, 2.05) is 22.8 Å². The van der Waals surface area contributed by atoms with E-state index in [4.69, 9.17) is 14.6 Å². The topological polar surface area (TPSA) is 114 Å². The third-order valence-corrected chi connectivity index (χ3v) is 5.24. The molecule has 1 aromatic heterocycles. The van der Waals surface area contributed by atoms with Crippen LogP contribution in [0.5, 0.6) is 5.75 Å². The number of carbonyl (C=O) groups excluding carboxylic acids is 1. The number of fused-ring (bicyclic) bond motifs is 1. The number of esters is 1. The Morgan fingerprint density at radius 2 is 1.93 bits per heavy atom. The number of imidazole rings is 1. The van der Waals surface area contributed by atoms with Gasteiger partial charge in [0.2, 0.25) is 10.0 Å². The SMILES string of the molecule is CCCCn1c(COC(=O)COc2ccccc2)nc2cc(S(N)(=O)=O)ccc21. The molecule has 0 spiro atoms. The first kappa shape index (κ1) is 20.8. The zero-order valence-corrected chi connectivity index (χ0v) is 16.9. The van der Waals surface area contributed by atoms with Crippen LogP contribution in [-0.2, 0) is 32.7 Å². The number of nitrogens with two attached hydrogens (primary N) is 1. The molecule has 0 bridgehead atoms. The second-order valence-corrected chi connectivity index (χ2v) is 8.05. The fourth-order valence-electron chi connectivity index (χ4n) is 2.86. The molecule has 8 nitrogen and oxygen atoms in total. The van der Waals surface area contributed by atoms with Gasteiger partial charge in [-0.25, -0.2) is 23.3 Å². The number of benzene rings is 2. The van der Waals surface area contributed by atoms with Gasteiger partial charge in [0.15, 0.2) is 6.61 Å². The Hall–Kier alpha value is -2.91. The maximum atomic E-state index is 12.0. The highest BCUT2D eigenvalue weighted by Crippen LogP contribution is 2.21. The summed E-state index contributed by atoms with van der Waals surface area (Å²) in [5, 5.41) is 5.21. The van der Waals surface area contributed by atoms with Gasteiger partial charge in [-0.1, -0.05) is 31.5 Å². The number of carbonyl (C=O) groups is 1. The number of rotatable bonds is 9. The molecule has 0 saturated carbocycles. The van der Waals surface area contributed by atoms with Gasteiger partial charge >= 0.3 is 5.97 Å². The predicted octanol–water partition coefficient (Wildman–Crippen LogP) is 2.61. The van der Waals surface area contributed by atoms with Gasteiger partial charge in [0, 0.05) is 6.54 Å². The molecule has 0 radical (unpaired) electrons. The molecule has 0 aliphatic heterocycles. The van der Waals surface area contributed by atoms with Crippen LogP contribution in [0.4, 0.5) is 0 Å². The van der Waals surface area contributed by atoms with Crippen LogP contribution in [-0.4, -0.2) is 30.5 Å². The van der Waals surface area contributed by atoms with Crippen LogP contribution in [0, 0.1) is 0 Å². The van der Waals surface area contributed by atoms with E-state index in [0.717, 1.165) is 18.4 Å². The summed E-state index contributed by atoms with van der Waals surface area (Å²) in [4.78, 5) is 16.5. The lowest BCUT2D eigenvalue weighted by molar-refractivity contribution is -0.147. The summed E-state index contributed by atoms with van der Waals surface area (Å²) in [6, 6.07) is 13.5. The third-order valence-electron chi connectivity index (χ3n) is 4.32. The fourth-order valence-corrected chi connectivity index (χ4v) is 3.39. The summed E-state index contributed by atoms with van der Waals surface area (Å²) in [6.07, 6.45) is 1.87. The Kier molecular flexibility index (Phi) is 6.50. The first-order chi connectivity index (χ1) is 13.9. The molecule has 29 heavy (non-hydrogen) atoms. The highest BCUT2D eigenvalue weighted by molar-refractivity contribution is 7.89. The molecule has 0 atom stereocenters. The van der Waals surface area contributed by atoms with Gasteiger partial charge in [0.05, 0.1) is 15.9 Å². The number of nitrogens with zero attached hydrogens (tertiary/aromatic N) is 2. The maximum Gasteiger partial charge on any atom is 0.344 e. The minimum absolute atomic E-state index is 0.00931.